The summed E-state index contributed by atoms with van der Waals surface area (Å²) < 4.78 is 10.5. The molecule has 1 saturated carbocycles. The normalized spacial score (nSPS) is 14.2. The number of amides is 2. The minimum absolute atomic E-state index is 0.154. The van der Waals surface area contributed by atoms with E-state index in [0.29, 0.717) is 17.2 Å². The van der Waals surface area contributed by atoms with Gasteiger partial charge in [-0.3, -0.25) is 9.59 Å². The number of carbonyl (C=O) groups excluding carboxylic acids is 2. The molecule has 1 heterocycles. The Balaban J connectivity index is 1.72. The van der Waals surface area contributed by atoms with Gasteiger partial charge in [0.05, 0.1) is 19.9 Å². The number of nitrogens with one attached hydrogen (secondary N) is 2. The fourth-order valence-corrected chi connectivity index (χ4v) is 3.29. The van der Waals surface area contributed by atoms with Gasteiger partial charge in [0.15, 0.2) is 0 Å². The average molecular weight is 383 g/mol. The summed E-state index contributed by atoms with van der Waals surface area (Å²) in [5.74, 6) is 0.407. The van der Waals surface area contributed by atoms with E-state index in [9.17, 15) is 9.59 Å². The first kappa shape index (κ1) is 19.7. The van der Waals surface area contributed by atoms with E-state index in [4.69, 9.17) is 9.47 Å². The lowest BCUT2D eigenvalue weighted by atomic mass is 9.95. The van der Waals surface area contributed by atoms with Crippen molar-refractivity contribution in [3.8, 4) is 11.5 Å². The topological polar surface area (TPSA) is 89.5 Å². The van der Waals surface area contributed by atoms with Crippen molar-refractivity contribution >= 4 is 17.5 Å². The smallest absolute Gasteiger partial charge is 0.274 e. The number of benzene rings is 1. The van der Waals surface area contributed by atoms with Crippen LogP contribution >= 0.6 is 0 Å². The predicted molar refractivity (Wildman–Crippen MR) is 106 cm³/mol. The van der Waals surface area contributed by atoms with Crippen molar-refractivity contribution in [1.29, 1.82) is 0 Å². The van der Waals surface area contributed by atoms with Gasteiger partial charge in [-0.2, -0.15) is 0 Å². The van der Waals surface area contributed by atoms with Gasteiger partial charge in [-0.1, -0.05) is 25.3 Å². The van der Waals surface area contributed by atoms with Crippen LogP contribution in [-0.2, 0) is 0 Å². The predicted octanol–water partition coefficient (Wildman–Crippen LogP) is 3.41. The van der Waals surface area contributed by atoms with E-state index >= 15 is 0 Å². The molecule has 28 heavy (non-hydrogen) atoms. The minimum atomic E-state index is -0.432. The zero-order valence-corrected chi connectivity index (χ0v) is 16.2. The molecule has 2 amide bonds. The van der Waals surface area contributed by atoms with Gasteiger partial charge in [0, 0.05) is 12.1 Å². The van der Waals surface area contributed by atoms with E-state index in [-0.39, 0.29) is 23.3 Å². The Morgan fingerprint density at radius 3 is 2.36 bits per heavy atom. The standard InChI is InChI=1S/C21H25N3O4/c1-27-15-11-12-19(28-2)18(13-15)24-21(26)17-10-6-9-16(23-17)20(25)22-14-7-4-3-5-8-14/h6,9-14H,3-5,7-8H2,1-2H3,(H,22,25)(H,24,26). The zero-order chi connectivity index (χ0) is 19.9. The zero-order valence-electron chi connectivity index (χ0n) is 16.2. The first-order valence-corrected chi connectivity index (χ1v) is 9.42. The van der Waals surface area contributed by atoms with Crippen LogP contribution in [0.15, 0.2) is 36.4 Å². The molecule has 7 heteroatoms. The van der Waals surface area contributed by atoms with Gasteiger partial charge in [-0.25, -0.2) is 4.98 Å². The summed E-state index contributed by atoms with van der Waals surface area (Å²) in [7, 11) is 3.06. The molecule has 2 N–H and O–H groups in total. The molecule has 0 unspecified atom stereocenters. The molecular weight excluding hydrogens is 358 g/mol. The third-order valence-corrected chi connectivity index (χ3v) is 4.81. The van der Waals surface area contributed by atoms with Crippen LogP contribution < -0.4 is 20.1 Å². The van der Waals surface area contributed by atoms with Gasteiger partial charge in [0.2, 0.25) is 0 Å². The summed E-state index contributed by atoms with van der Waals surface area (Å²) in [6.07, 6.45) is 5.45. The van der Waals surface area contributed by atoms with E-state index in [1.807, 2.05) is 0 Å². The molecule has 0 radical (unpaired) electrons. The van der Waals surface area contributed by atoms with Crippen molar-refractivity contribution in [2.75, 3.05) is 19.5 Å². The molecule has 3 rings (SSSR count). The number of anilines is 1. The fourth-order valence-electron chi connectivity index (χ4n) is 3.29. The number of aromatic nitrogens is 1. The molecule has 1 aliphatic carbocycles. The van der Waals surface area contributed by atoms with Crippen LogP contribution in [0.3, 0.4) is 0 Å². The highest BCUT2D eigenvalue weighted by molar-refractivity contribution is 6.04. The second-order valence-electron chi connectivity index (χ2n) is 6.74. The van der Waals surface area contributed by atoms with Crippen molar-refractivity contribution in [2.24, 2.45) is 0 Å². The number of pyridine rings is 1. The Hall–Kier alpha value is -3.09. The number of hydrogen-bond acceptors (Lipinski definition) is 5. The third kappa shape index (κ3) is 4.79. The lowest BCUT2D eigenvalue weighted by molar-refractivity contribution is 0.0922. The van der Waals surface area contributed by atoms with Crippen LogP contribution in [0.1, 0.15) is 53.1 Å². The Morgan fingerprint density at radius 2 is 1.68 bits per heavy atom. The van der Waals surface area contributed by atoms with Crippen LogP contribution in [0.2, 0.25) is 0 Å². The molecule has 1 aliphatic rings. The number of rotatable bonds is 6. The van der Waals surface area contributed by atoms with Crippen LogP contribution in [0.25, 0.3) is 0 Å². The van der Waals surface area contributed by atoms with Gasteiger partial charge < -0.3 is 20.1 Å². The summed E-state index contributed by atoms with van der Waals surface area (Å²) in [6.45, 7) is 0. The Kier molecular flexibility index (Phi) is 6.47. The van der Waals surface area contributed by atoms with Gasteiger partial charge in [-0.15, -0.1) is 0 Å². The first-order valence-electron chi connectivity index (χ1n) is 9.42. The first-order chi connectivity index (χ1) is 13.6. The van der Waals surface area contributed by atoms with Gasteiger partial charge in [0.25, 0.3) is 11.8 Å². The number of nitrogens with zero attached hydrogens (tertiary/aromatic N) is 1. The largest absolute Gasteiger partial charge is 0.497 e. The van der Waals surface area contributed by atoms with E-state index in [1.54, 1.807) is 43.5 Å². The highest BCUT2D eigenvalue weighted by Gasteiger charge is 2.19. The maximum Gasteiger partial charge on any atom is 0.274 e. The van der Waals surface area contributed by atoms with Crippen molar-refractivity contribution in [2.45, 2.75) is 38.1 Å². The molecule has 1 aromatic heterocycles. The summed E-state index contributed by atoms with van der Waals surface area (Å²) in [6, 6.07) is 10.1. The SMILES string of the molecule is COc1ccc(OC)c(NC(=O)c2cccc(C(=O)NC3CCCCC3)n2)c1. The molecule has 1 aromatic carbocycles. The molecule has 1 fully saturated rings. The summed E-state index contributed by atoms with van der Waals surface area (Å²) in [4.78, 5) is 29.4. The van der Waals surface area contributed by atoms with E-state index < -0.39 is 5.91 Å². The van der Waals surface area contributed by atoms with Gasteiger partial charge in [0.1, 0.15) is 22.9 Å². The quantitative estimate of drug-likeness (QED) is 0.798. The van der Waals surface area contributed by atoms with E-state index in [0.717, 1.165) is 25.7 Å². The summed E-state index contributed by atoms with van der Waals surface area (Å²) in [5, 5.41) is 5.78. The van der Waals surface area contributed by atoms with Crippen LogP contribution in [0, 0.1) is 0 Å². The van der Waals surface area contributed by atoms with Gasteiger partial charge >= 0.3 is 0 Å². The number of methoxy groups -OCH3 is 2. The van der Waals surface area contributed by atoms with Gasteiger partial charge in [-0.05, 0) is 37.1 Å². The fraction of sp³-hybridized carbons (Fsp3) is 0.381. The number of ether oxygens (including phenoxy) is 2. The van der Waals surface area contributed by atoms with Crippen molar-refractivity contribution < 1.29 is 19.1 Å². The Labute approximate surface area is 164 Å². The van der Waals surface area contributed by atoms with Crippen LogP contribution in [0.4, 0.5) is 5.69 Å². The minimum Gasteiger partial charge on any atom is -0.497 e. The average Bonchev–Trinajstić information content (AvgIpc) is 2.74. The van der Waals surface area contributed by atoms with E-state index in [2.05, 4.69) is 15.6 Å². The second-order valence-corrected chi connectivity index (χ2v) is 6.74. The van der Waals surface area contributed by atoms with Crippen molar-refractivity contribution in [3.05, 3.63) is 47.8 Å². The Bertz CT molecular complexity index is 847. The lowest BCUT2D eigenvalue weighted by Gasteiger charge is -2.22. The molecule has 0 saturated heterocycles. The molecular formula is C21H25N3O4. The molecule has 148 valence electrons. The highest BCUT2D eigenvalue weighted by Crippen LogP contribution is 2.29. The highest BCUT2D eigenvalue weighted by atomic mass is 16.5. The van der Waals surface area contributed by atoms with Crippen molar-refractivity contribution in [1.82, 2.24) is 10.3 Å². The molecule has 2 aromatic rings. The molecule has 0 aliphatic heterocycles. The molecule has 0 bridgehead atoms. The summed E-state index contributed by atoms with van der Waals surface area (Å²) in [5.41, 5.74) is 0.850. The van der Waals surface area contributed by atoms with Crippen LogP contribution in [0.5, 0.6) is 11.5 Å². The van der Waals surface area contributed by atoms with E-state index in [1.165, 1.54) is 13.5 Å². The maximum atomic E-state index is 12.6. The Morgan fingerprint density at radius 1 is 0.964 bits per heavy atom. The molecule has 0 spiro atoms. The van der Waals surface area contributed by atoms with Crippen molar-refractivity contribution in [3.63, 3.8) is 0 Å². The molecule has 0 atom stereocenters. The third-order valence-electron chi connectivity index (χ3n) is 4.81. The number of carbonyl (C=O) groups is 2. The maximum absolute atomic E-state index is 12.6. The summed E-state index contributed by atoms with van der Waals surface area (Å²) >= 11 is 0. The monoisotopic (exact) mass is 383 g/mol. The second kappa shape index (κ2) is 9.21. The molecule has 7 nitrogen and oxygen atoms in total. The lowest BCUT2D eigenvalue weighted by Crippen LogP contribution is -2.36. The number of hydrogen-bond donors (Lipinski definition) is 2. The van der Waals surface area contributed by atoms with Crippen LogP contribution in [-0.4, -0.2) is 37.1 Å².